The van der Waals surface area contributed by atoms with Gasteiger partial charge in [-0.15, -0.1) is 0 Å². The van der Waals surface area contributed by atoms with Crippen LogP contribution < -0.4 is 10.2 Å². The zero-order valence-corrected chi connectivity index (χ0v) is 22.5. The average molecular weight is 513 g/mol. The van der Waals surface area contributed by atoms with Crippen LogP contribution in [0.15, 0.2) is 54.6 Å². The fraction of sp³-hybridized carbons (Fsp3) is 0.290. The number of carbonyl (C=O) groups excluding carboxylic acids is 4. The van der Waals surface area contributed by atoms with Crippen molar-refractivity contribution in [3.8, 4) is 0 Å². The van der Waals surface area contributed by atoms with E-state index in [0.29, 0.717) is 5.69 Å². The fourth-order valence-corrected chi connectivity index (χ4v) is 4.73. The molecule has 1 heterocycles. The largest absolute Gasteiger partial charge is 0.452 e. The lowest BCUT2D eigenvalue weighted by molar-refractivity contribution is -0.119. The minimum absolute atomic E-state index is 0.0885. The lowest BCUT2D eigenvalue weighted by Gasteiger charge is -2.20. The number of esters is 1. The molecule has 7 nitrogen and oxygen atoms in total. The molecule has 3 aromatic carbocycles. The van der Waals surface area contributed by atoms with Crippen molar-refractivity contribution in [2.45, 2.75) is 53.4 Å². The summed E-state index contributed by atoms with van der Waals surface area (Å²) in [6.45, 7) is 11.5. The Hall–Kier alpha value is -4.26. The first kappa shape index (κ1) is 26.8. The van der Waals surface area contributed by atoms with Crippen LogP contribution in [0.3, 0.4) is 0 Å². The van der Waals surface area contributed by atoms with Gasteiger partial charge in [0.15, 0.2) is 6.61 Å². The molecule has 0 saturated heterocycles. The fourth-order valence-electron chi connectivity index (χ4n) is 4.73. The van der Waals surface area contributed by atoms with Crippen LogP contribution in [-0.2, 0) is 9.53 Å². The Morgan fingerprint density at radius 1 is 0.842 bits per heavy atom. The van der Waals surface area contributed by atoms with E-state index in [1.807, 2.05) is 44.2 Å². The minimum atomic E-state index is -0.755. The zero-order chi connectivity index (χ0) is 27.7. The molecule has 0 unspecified atom stereocenters. The van der Waals surface area contributed by atoms with Crippen molar-refractivity contribution in [1.82, 2.24) is 0 Å². The Morgan fingerprint density at radius 3 is 2.08 bits per heavy atom. The van der Waals surface area contributed by atoms with Crippen LogP contribution in [0.2, 0.25) is 0 Å². The third-order valence-corrected chi connectivity index (χ3v) is 6.69. The van der Waals surface area contributed by atoms with Gasteiger partial charge < -0.3 is 10.1 Å². The van der Waals surface area contributed by atoms with Gasteiger partial charge in [-0.2, -0.15) is 0 Å². The lowest BCUT2D eigenvalue weighted by Crippen LogP contribution is -2.30. The van der Waals surface area contributed by atoms with Crippen LogP contribution in [-0.4, -0.2) is 30.3 Å². The van der Waals surface area contributed by atoms with Crippen molar-refractivity contribution < 1.29 is 23.9 Å². The summed E-state index contributed by atoms with van der Waals surface area (Å²) in [5, 5.41) is 2.91. The number of benzene rings is 3. The number of para-hydroxylation sites is 1. The van der Waals surface area contributed by atoms with Gasteiger partial charge in [0.2, 0.25) is 0 Å². The maximum Gasteiger partial charge on any atom is 0.338 e. The molecule has 0 bridgehead atoms. The van der Waals surface area contributed by atoms with Crippen molar-refractivity contribution in [3.63, 3.8) is 0 Å². The number of hydrogen-bond donors (Lipinski definition) is 1. The lowest BCUT2D eigenvalue weighted by atomic mass is 9.92. The van der Waals surface area contributed by atoms with E-state index in [4.69, 9.17) is 4.74 Å². The van der Waals surface area contributed by atoms with Crippen LogP contribution >= 0.6 is 0 Å². The van der Waals surface area contributed by atoms with Gasteiger partial charge in [0.1, 0.15) is 0 Å². The van der Waals surface area contributed by atoms with E-state index < -0.39 is 30.3 Å². The maximum absolute atomic E-state index is 13.2. The molecule has 3 aromatic rings. The highest BCUT2D eigenvalue weighted by Crippen LogP contribution is 2.33. The molecule has 1 aliphatic heterocycles. The first-order chi connectivity index (χ1) is 18.0. The molecule has 1 aliphatic rings. The number of ether oxygens (including phenoxy) is 1. The zero-order valence-electron chi connectivity index (χ0n) is 22.5. The Kier molecular flexibility index (Phi) is 7.49. The third-order valence-electron chi connectivity index (χ3n) is 6.69. The summed E-state index contributed by atoms with van der Waals surface area (Å²) >= 11 is 0. The second-order valence-electron chi connectivity index (χ2n) is 10.2. The molecule has 1 N–H and O–H groups in total. The predicted molar refractivity (Wildman–Crippen MR) is 147 cm³/mol. The number of nitrogens with zero attached hydrogens (tertiary/aromatic N) is 1. The van der Waals surface area contributed by atoms with Gasteiger partial charge in [-0.3, -0.25) is 14.4 Å². The topological polar surface area (TPSA) is 92.8 Å². The number of imide groups is 1. The molecule has 4 rings (SSSR count). The van der Waals surface area contributed by atoms with Crippen LogP contribution in [0.4, 0.5) is 11.4 Å². The smallest absolute Gasteiger partial charge is 0.338 e. The highest BCUT2D eigenvalue weighted by atomic mass is 16.5. The van der Waals surface area contributed by atoms with Crippen LogP contribution in [0, 0.1) is 13.8 Å². The third kappa shape index (κ3) is 5.09. The summed E-state index contributed by atoms with van der Waals surface area (Å²) in [6, 6.07) is 15.6. The molecule has 0 fully saturated rings. The van der Waals surface area contributed by atoms with Gasteiger partial charge in [-0.1, -0.05) is 63.6 Å². The Bertz CT molecular complexity index is 1430. The van der Waals surface area contributed by atoms with E-state index in [9.17, 15) is 19.2 Å². The van der Waals surface area contributed by atoms with E-state index in [2.05, 4.69) is 33.0 Å². The van der Waals surface area contributed by atoms with E-state index in [0.717, 1.165) is 32.8 Å². The number of carbonyl (C=O) groups is 4. The number of fused-ring (bicyclic) bond motifs is 1. The molecule has 0 aromatic heterocycles. The summed E-state index contributed by atoms with van der Waals surface area (Å²) in [5.41, 5.74) is 5.51. The number of anilines is 2. The molecule has 0 radical (unpaired) electrons. The van der Waals surface area contributed by atoms with Crippen molar-refractivity contribution in [2.24, 2.45) is 0 Å². The second kappa shape index (κ2) is 10.6. The summed E-state index contributed by atoms with van der Waals surface area (Å²) in [5.74, 6) is -1.77. The van der Waals surface area contributed by atoms with E-state index in [1.54, 1.807) is 6.07 Å². The molecule has 0 aliphatic carbocycles. The van der Waals surface area contributed by atoms with Gasteiger partial charge in [0.25, 0.3) is 17.7 Å². The highest BCUT2D eigenvalue weighted by molar-refractivity contribution is 6.35. The first-order valence-electron chi connectivity index (χ1n) is 12.7. The molecule has 3 amide bonds. The predicted octanol–water partition coefficient (Wildman–Crippen LogP) is 6.15. The Labute approximate surface area is 222 Å². The SMILES string of the molecule is Cc1ccc(N2C(=O)c3ccc(C(=O)OCC(=O)Nc4c(C(C)C)cccc4C(C)C)cc3C2=O)c(C)c1. The van der Waals surface area contributed by atoms with Gasteiger partial charge in [-0.25, -0.2) is 9.69 Å². The highest BCUT2D eigenvalue weighted by Gasteiger charge is 2.38. The molecule has 38 heavy (non-hydrogen) atoms. The monoisotopic (exact) mass is 512 g/mol. The van der Waals surface area contributed by atoms with Gasteiger partial charge in [-0.05, 0) is 66.6 Å². The molecular weight excluding hydrogens is 480 g/mol. The number of rotatable bonds is 7. The van der Waals surface area contributed by atoms with Crippen LogP contribution in [0.25, 0.3) is 0 Å². The Balaban J connectivity index is 1.48. The van der Waals surface area contributed by atoms with Crippen molar-refractivity contribution >= 4 is 35.1 Å². The summed E-state index contributed by atoms with van der Waals surface area (Å²) in [7, 11) is 0. The van der Waals surface area contributed by atoms with E-state index in [1.165, 1.54) is 18.2 Å². The molecule has 0 saturated carbocycles. The normalized spacial score (nSPS) is 12.8. The second-order valence-corrected chi connectivity index (χ2v) is 10.2. The minimum Gasteiger partial charge on any atom is -0.452 e. The van der Waals surface area contributed by atoms with E-state index >= 15 is 0 Å². The quantitative estimate of drug-likeness (QED) is 0.303. The molecule has 7 heteroatoms. The average Bonchev–Trinajstić information content (AvgIpc) is 3.11. The van der Waals surface area contributed by atoms with Crippen molar-refractivity contribution in [2.75, 3.05) is 16.8 Å². The van der Waals surface area contributed by atoms with Crippen LogP contribution in [0.1, 0.15) is 92.9 Å². The first-order valence-corrected chi connectivity index (χ1v) is 12.7. The number of aryl methyl sites for hydroxylation is 2. The standard InChI is InChI=1S/C31H32N2O5/c1-17(2)22-8-7-9-23(18(3)4)28(22)32-27(34)16-38-31(37)21-11-12-24-25(15-21)30(36)33(29(24)35)26-13-10-19(5)14-20(26)6/h7-15,17-18H,16H2,1-6H3,(H,32,34). The van der Waals surface area contributed by atoms with Crippen LogP contribution in [0.5, 0.6) is 0 Å². The number of amides is 3. The van der Waals surface area contributed by atoms with Crippen molar-refractivity contribution in [1.29, 1.82) is 0 Å². The molecule has 0 spiro atoms. The number of nitrogens with one attached hydrogen (secondary N) is 1. The summed E-state index contributed by atoms with van der Waals surface area (Å²) in [4.78, 5) is 52.8. The van der Waals surface area contributed by atoms with E-state index in [-0.39, 0.29) is 28.5 Å². The molecular formula is C31H32N2O5. The summed E-state index contributed by atoms with van der Waals surface area (Å²) in [6.07, 6.45) is 0. The van der Waals surface area contributed by atoms with Gasteiger partial charge in [0.05, 0.1) is 22.4 Å². The maximum atomic E-state index is 13.2. The van der Waals surface area contributed by atoms with Crippen molar-refractivity contribution in [3.05, 3.63) is 93.5 Å². The summed E-state index contributed by atoms with van der Waals surface area (Å²) < 4.78 is 5.27. The molecule has 196 valence electrons. The molecule has 0 atom stereocenters. The van der Waals surface area contributed by atoms with Gasteiger partial charge in [0, 0.05) is 5.69 Å². The Morgan fingerprint density at radius 2 is 1.47 bits per heavy atom. The number of hydrogen-bond acceptors (Lipinski definition) is 5. The van der Waals surface area contributed by atoms with Gasteiger partial charge >= 0.3 is 5.97 Å².